The van der Waals surface area contributed by atoms with E-state index in [0.717, 1.165) is 23.3 Å². The number of nitrogens with one attached hydrogen (secondary N) is 1. The summed E-state index contributed by atoms with van der Waals surface area (Å²) in [5, 5.41) is 2.69. The van der Waals surface area contributed by atoms with Crippen molar-refractivity contribution in [1.29, 1.82) is 0 Å². The maximum Gasteiger partial charge on any atom is 0.258 e. The third-order valence-electron chi connectivity index (χ3n) is 3.51. The molecule has 1 atom stereocenters. The molecule has 0 heterocycles. The van der Waals surface area contributed by atoms with Gasteiger partial charge in [-0.3, -0.25) is 4.79 Å². The molecule has 0 spiro atoms. The Bertz CT molecular complexity index is 716. The fourth-order valence-corrected chi connectivity index (χ4v) is 2.25. The first-order valence-corrected chi connectivity index (χ1v) is 7.31. The van der Waals surface area contributed by atoms with Gasteiger partial charge in [0.25, 0.3) is 5.91 Å². The Hall–Kier alpha value is -2.43. The predicted octanol–water partition coefficient (Wildman–Crippen LogP) is 3.84. The lowest BCUT2D eigenvalue weighted by Crippen LogP contribution is -2.31. The molecule has 0 saturated carbocycles. The van der Waals surface area contributed by atoms with Gasteiger partial charge >= 0.3 is 0 Å². The van der Waals surface area contributed by atoms with E-state index in [1.165, 1.54) is 6.07 Å². The van der Waals surface area contributed by atoms with Gasteiger partial charge in [-0.2, -0.15) is 0 Å². The minimum absolute atomic E-state index is 0.141. The molecule has 0 aliphatic heterocycles. The van der Waals surface area contributed by atoms with Crippen LogP contribution in [0, 0.1) is 25.5 Å². The largest absolute Gasteiger partial charge is 0.484 e. The topological polar surface area (TPSA) is 38.3 Å². The molecule has 122 valence electrons. The van der Waals surface area contributed by atoms with Crippen molar-refractivity contribution in [3.05, 3.63) is 64.7 Å². The second-order valence-corrected chi connectivity index (χ2v) is 5.52. The van der Waals surface area contributed by atoms with Crippen molar-refractivity contribution in [2.75, 3.05) is 6.61 Å². The van der Waals surface area contributed by atoms with Gasteiger partial charge in [0.2, 0.25) is 0 Å². The van der Waals surface area contributed by atoms with Gasteiger partial charge in [0.15, 0.2) is 18.2 Å². The number of benzene rings is 2. The molecule has 0 fully saturated rings. The molecule has 2 rings (SSSR count). The van der Waals surface area contributed by atoms with Crippen LogP contribution in [0.3, 0.4) is 0 Å². The molecule has 0 bridgehead atoms. The lowest BCUT2D eigenvalue weighted by atomic mass is 10.1. The highest BCUT2D eigenvalue weighted by molar-refractivity contribution is 5.78. The summed E-state index contributed by atoms with van der Waals surface area (Å²) in [5.74, 6) is -1.53. The van der Waals surface area contributed by atoms with Crippen LogP contribution >= 0.6 is 0 Å². The molecule has 1 amide bonds. The van der Waals surface area contributed by atoms with E-state index in [4.69, 9.17) is 4.74 Å². The summed E-state index contributed by atoms with van der Waals surface area (Å²) in [4.78, 5) is 11.9. The number of ether oxygens (including phenoxy) is 1. The Morgan fingerprint density at radius 3 is 2.52 bits per heavy atom. The number of carbonyl (C=O) groups is 1. The molecule has 0 radical (unpaired) electrons. The number of hydrogen-bond acceptors (Lipinski definition) is 2. The number of halogens is 2. The van der Waals surface area contributed by atoms with E-state index in [0.29, 0.717) is 11.3 Å². The van der Waals surface area contributed by atoms with Gasteiger partial charge in [-0.25, -0.2) is 8.78 Å². The number of hydrogen-bond donors (Lipinski definition) is 1. The molecule has 3 nitrogen and oxygen atoms in total. The van der Waals surface area contributed by atoms with Crippen molar-refractivity contribution >= 4 is 5.91 Å². The second kappa shape index (κ2) is 7.22. The Morgan fingerprint density at radius 2 is 1.87 bits per heavy atom. The highest BCUT2D eigenvalue weighted by Crippen LogP contribution is 2.19. The summed E-state index contributed by atoms with van der Waals surface area (Å²) in [7, 11) is 0. The average molecular weight is 319 g/mol. The van der Waals surface area contributed by atoms with Crippen molar-refractivity contribution < 1.29 is 18.3 Å². The van der Waals surface area contributed by atoms with Crippen molar-refractivity contribution in [2.45, 2.75) is 26.8 Å². The van der Waals surface area contributed by atoms with E-state index < -0.39 is 17.7 Å². The molecule has 23 heavy (non-hydrogen) atoms. The van der Waals surface area contributed by atoms with Gasteiger partial charge in [-0.15, -0.1) is 0 Å². The zero-order valence-electron chi connectivity index (χ0n) is 13.3. The van der Waals surface area contributed by atoms with Crippen LogP contribution in [-0.4, -0.2) is 12.5 Å². The third kappa shape index (κ3) is 4.52. The predicted molar refractivity (Wildman–Crippen MR) is 84.3 cm³/mol. The van der Waals surface area contributed by atoms with Crippen molar-refractivity contribution in [1.82, 2.24) is 5.32 Å². The van der Waals surface area contributed by atoms with Crippen LogP contribution < -0.4 is 10.1 Å². The van der Waals surface area contributed by atoms with Gasteiger partial charge in [0.05, 0.1) is 6.04 Å². The van der Waals surface area contributed by atoms with Crippen LogP contribution in [0.25, 0.3) is 0 Å². The van der Waals surface area contributed by atoms with Crippen molar-refractivity contribution in [3.63, 3.8) is 0 Å². The maximum atomic E-state index is 13.2. The summed E-state index contributed by atoms with van der Waals surface area (Å²) < 4.78 is 31.6. The normalized spacial score (nSPS) is 11.9. The Kier molecular flexibility index (Phi) is 5.32. The van der Waals surface area contributed by atoms with Gasteiger partial charge < -0.3 is 10.1 Å². The summed E-state index contributed by atoms with van der Waals surface area (Å²) in [6.45, 7) is 5.44. The van der Waals surface area contributed by atoms with Crippen LogP contribution in [0.5, 0.6) is 5.75 Å². The first-order chi connectivity index (χ1) is 10.9. The highest BCUT2D eigenvalue weighted by atomic mass is 19.2. The second-order valence-electron chi connectivity index (χ2n) is 5.52. The van der Waals surface area contributed by atoms with Crippen molar-refractivity contribution in [2.24, 2.45) is 0 Å². The number of rotatable bonds is 5. The Morgan fingerprint density at radius 1 is 1.13 bits per heavy atom. The van der Waals surface area contributed by atoms with E-state index in [2.05, 4.69) is 5.32 Å². The van der Waals surface area contributed by atoms with E-state index in [-0.39, 0.29) is 12.5 Å². The SMILES string of the molecule is Cc1ccc(OCC(=O)NC(C)c2ccc(F)c(F)c2)c(C)c1. The molecule has 1 unspecified atom stereocenters. The van der Waals surface area contributed by atoms with Crippen LogP contribution in [0.15, 0.2) is 36.4 Å². The van der Waals surface area contributed by atoms with Crippen LogP contribution in [0.4, 0.5) is 8.78 Å². The molecule has 0 aliphatic rings. The standard InChI is InChI=1S/C18H19F2NO2/c1-11-4-7-17(12(2)8-11)23-10-18(22)21-13(3)14-5-6-15(19)16(20)9-14/h4-9,13H,10H2,1-3H3,(H,21,22). The van der Waals surface area contributed by atoms with Gasteiger partial charge in [-0.05, 0) is 50.1 Å². The fourth-order valence-electron chi connectivity index (χ4n) is 2.25. The summed E-state index contributed by atoms with van der Waals surface area (Å²) >= 11 is 0. The van der Waals surface area contributed by atoms with Crippen LogP contribution in [-0.2, 0) is 4.79 Å². The quantitative estimate of drug-likeness (QED) is 0.909. The van der Waals surface area contributed by atoms with Crippen molar-refractivity contribution in [3.8, 4) is 5.75 Å². The molecule has 0 saturated heterocycles. The summed E-state index contributed by atoms with van der Waals surface area (Å²) in [6.07, 6.45) is 0. The number of carbonyl (C=O) groups excluding carboxylic acids is 1. The molecule has 2 aromatic rings. The van der Waals surface area contributed by atoms with Gasteiger partial charge in [-0.1, -0.05) is 23.8 Å². The first kappa shape index (κ1) is 16.9. The lowest BCUT2D eigenvalue weighted by molar-refractivity contribution is -0.123. The molecule has 0 aliphatic carbocycles. The van der Waals surface area contributed by atoms with E-state index >= 15 is 0 Å². The first-order valence-electron chi connectivity index (χ1n) is 7.31. The smallest absolute Gasteiger partial charge is 0.258 e. The average Bonchev–Trinajstić information content (AvgIpc) is 2.49. The molecule has 2 aromatic carbocycles. The Labute approximate surface area is 134 Å². The van der Waals surface area contributed by atoms with E-state index in [1.54, 1.807) is 6.92 Å². The molecule has 5 heteroatoms. The molecule has 0 aromatic heterocycles. The van der Waals surface area contributed by atoms with Crippen LogP contribution in [0.1, 0.15) is 29.7 Å². The third-order valence-corrected chi connectivity index (χ3v) is 3.51. The van der Waals surface area contributed by atoms with E-state index in [9.17, 15) is 13.6 Å². The number of aryl methyl sites for hydroxylation is 2. The molecular weight excluding hydrogens is 300 g/mol. The molecule has 1 N–H and O–H groups in total. The highest BCUT2D eigenvalue weighted by Gasteiger charge is 2.13. The van der Waals surface area contributed by atoms with Gasteiger partial charge in [0, 0.05) is 0 Å². The Balaban J connectivity index is 1.92. The number of amides is 1. The zero-order chi connectivity index (χ0) is 17.0. The fraction of sp³-hybridized carbons (Fsp3) is 0.278. The lowest BCUT2D eigenvalue weighted by Gasteiger charge is -2.15. The van der Waals surface area contributed by atoms with Crippen LogP contribution in [0.2, 0.25) is 0 Å². The zero-order valence-corrected chi connectivity index (χ0v) is 13.3. The minimum atomic E-state index is -0.935. The van der Waals surface area contributed by atoms with Gasteiger partial charge in [0.1, 0.15) is 5.75 Å². The maximum absolute atomic E-state index is 13.2. The summed E-state index contributed by atoms with van der Waals surface area (Å²) in [6, 6.07) is 8.80. The molecular formula is C18H19F2NO2. The monoisotopic (exact) mass is 319 g/mol. The summed E-state index contributed by atoms with van der Waals surface area (Å²) in [5.41, 5.74) is 2.56. The minimum Gasteiger partial charge on any atom is -0.484 e. The van der Waals surface area contributed by atoms with E-state index in [1.807, 2.05) is 32.0 Å².